The number of amidine groups is 1. The molecule has 0 radical (unpaired) electrons. The number of anilines is 1. The number of hydrogen-bond donors (Lipinski definition) is 3. The van der Waals surface area contributed by atoms with Crippen LogP contribution in [-0.4, -0.2) is 21.4 Å². The molecule has 0 unspecified atom stereocenters. The fraction of sp³-hybridized carbons (Fsp3) is 0.100. The predicted octanol–water partition coefficient (Wildman–Crippen LogP) is 1.75. The molecule has 126 valence electrons. The second-order valence-corrected chi connectivity index (χ2v) is 4.00. The highest BCUT2D eigenvalue weighted by Gasteiger charge is 2.37. The normalized spacial score (nSPS) is 11.5. The number of hydrogen-bond acceptors (Lipinski definition) is 8. The van der Waals surface area contributed by atoms with Gasteiger partial charge in [-0.15, -0.1) is 0 Å². The van der Waals surface area contributed by atoms with Gasteiger partial charge in [-0.05, 0) is 0 Å². The van der Waals surface area contributed by atoms with Crippen LogP contribution in [0.1, 0.15) is 5.56 Å². The Kier molecular flexibility index (Phi) is 5.00. The summed E-state index contributed by atoms with van der Waals surface area (Å²) >= 11 is 0. The van der Waals surface area contributed by atoms with E-state index < -0.39 is 50.2 Å². The van der Waals surface area contributed by atoms with Gasteiger partial charge < -0.3 is 5.73 Å². The number of alkyl halides is 3. The molecular weight excluding hydrogens is 339 g/mol. The lowest BCUT2D eigenvalue weighted by Gasteiger charge is -2.09. The van der Waals surface area contributed by atoms with Gasteiger partial charge in [0.25, 0.3) is 0 Å². The minimum Gasteiger partial charge on any atom is -0.382 e. The van der Waals surface area contributed by atoms with Gasteiger partial charge in [-0.3, -0.25) is 31.1 Å². The number of nitrogens with zero attached hydrogens (tertiary/aromatic N) is 4. The van der Waals surface area contributed by atoms with Gasteiger partial charge in [-0.2, -0.15) is 23.5 Å². The number of rotatable bonds is 5. The molecule has 0 heterocycles. The molecule has 0 saturated carbocycles. The van der Waals surface area contributed by atoms with Crippen molar-refractivity contribution in [3.05, 3.63) is 37.9 Å². The van der Waals surface area contributed by atoms with Gasteiger partial charge in [0.15, 0.2) is 5.84 Å². The van der Waals surface area contributed by atoms with Crippen molar-refractivity contribution in [1.29, 1.82) is 10.7 Å². The molecule has 14 heteroatoms. The molecule has 24 heavy (non-hydrogen) atoms. The molecular formula is C10H6F3N7O4. The Morgan fingerprint density at radius 3 is 2.04 bits per heavy atom. The third-order valence-electron chi connectivity index (χ3n) is 2.46. The molecule has 4 N–H and O–H groups in total. The monoisotopic (exact) mass is 345 g/mol. The molecule has 0 bridgehead atoms. The number of nitrogens with two attached hydrogens (primary N) is 1. The molecule has 0 aliphatic heterocycles. The van der Waals surface area contributed by atoms with Crippen LogP contribution in [0.5, 0.6) is 0 Å². The van der Waals surface area contributed by atoms with Crippen LogP contribution in [0.4, 0.5) is 30.2 Å². The van der Waals surface area contributed by atoms with E-state index >= 15 is 0 Å². The Morgan fingerprint density at radius 1 is 1.29 bits per heavy atom. The fourth-order valence-corrected chi connectivity index (χ4v) is 1.44. The van der Waals surface area contributed by atoms with Crippen LogP contribution in [0.15, 0.2) is 17.2 Å². The average molecular weight is 345 g/mol. The summed E-state index contributed by atoms with van der Waals surface area (Å²) in [4.78, 5) is 19.3. The van der Waals surface area contributed by atoms with Gasteiger partial charge in [0.2, 0.25) is 11.4 Å². The number of halogens is 3. The van der Waals surface area contributed by atoms with Crippen molar-refractivity contribution in [2.45, 2.75) is 6.18 Å². The lowest BCUT2D eigenvalue weighted by molar-refractivity contribution is -0.392. The number of nitro benzene ring substituents is 2. The molecule has 1 aromatic carbocycles. The first-order valence-corrected chi connectivity index (χ1v) is 5.61. The van der Waals surface area contributed by atoms with Crippen molar-refractivity contribution >= 4 is 28.6 Å². The van der Waals surface area contributed by atoms with Gasteiger partial charge in [0.05, 0.1) is 15.4 Å². The van der Waals surface area contributed by atoms with E-state index in [0.717, 1.165) is 0 Å². The maximum Gasteiger partial charge on any atom is 0.416 e. The highest BCUT2D eigenvalue weighted by molar-refractivity contribution is 6.45. The van der Waals surface area contributed by atoms with Crippen molar-refractivity contribution in [2.24, 2.45) is 10.8 Å². The van der Waals surface area contributed by atoms with Crippen molar-refractivity contribution < 1.29 is 23.0 Å². The van der Waals surface area contributed by atoms with Crippen molar-refractivity contribution in [3.8, 4) is 6.07 Å². The topological polar surface area (TPSA) is 184 Å². The maximum absolute atomic E-state index is 12.7. The molecule has 0 amide bonds. The quantitative estimate of drug-likeness (QED) is 0.314. The fourth-order valence-electron chi connectivity index (χ4n) is 1.44. The minimum absolute atomic E-state index is 0.0741. The van der Waals surface area contributed by atoms with Crippen molar-refractivity contribution in [1.82, 2.24) is 0 Å². The molecule has 1 aromatic rings. The van der Waals surface area contributed by atoms with Crippen LogP contribution in [-0.2, 0) is 6.18 Å². The number of benzene rings is 1. The summed E-state index contributed by atoms with van der Waals surface area (Å²) in [6.07, 6.45) is -5.06. The lowest BCUT2D eigenvalue weighted by atomic mass is 10.1. The Bertz CT molecular complexity index is 762. The minimum atomic E-state index is -5.06. The summed E-state index contributed by atoms with van der Waals surface area (Å²) in [6, 6.07) is 1.47. The van der Waals surface area contributed by atoms with E-state index in [4.69, 9.17) is 16.4 Å². The summed E-state index contributed by atoms with van der Waals surface area (Å²) in [6.45, 7) is 0. The summed E-state index contributed by atoms with van der Waals surface area (Å²) in [5.41, 5.74) is 0.749. The van der Waals surface area contributed by atoms with Crippen LogP contribution in [0.2, 0.25) is 0 Å². The van der Waals surface area contributed by atoms with E-state index in [1.807, 2.05) is 0 Å². The van der Waals surface area contributed by atoms with Crippen molar-refractivity contribution in [2.75, 3.05) is 5.43 Å². The van der Waals surface area contributed by atoms with Crippen LogP contribution in [0, 0.1) is 37.0 Å². The zero-order chi connectivity index (χ0) is 18.7. The molecule has 11 nitrogen and oxygen atoms in total. The highest BCUT2D eigenvalue weighted by atomic mass is 19.4. The summed E-state index contributed by atoms with van der Waals surface area (Å²) < 4.78 is 38.1. The standard InChI is InChI=1S/C10H6F3N7O4/c11-10(12,13)4-1-6(19(21)22)8(7(2-4)20(23)24)18-17-5(3-14)9(15)16/h1-2,18H,(H3,15,16)/b17-5+. The SMILES string of the molecule is N#C/C(=N\Nc1c([N+](=O)[O-])cc(C(F)(F)F)cc1[N+](=O)[O-])C(=N)N. The van der Waals surface area contributed by atoms with Crippen LogP contribution >= 0.6 is 0 Å². The number of hydrazone groups is 1. The smallest absolute Gasteiger partial charge is 0.382 e. The zero-order valence-electron chi connectivity index (χ0n) is 11.3. The molecule has 0 aromatic heterocycles. The summed E-state index contributed by atoms with van der Waals surface area (Å²) in [7, 11) is 0. The Morgan fingerprint density at radius 2 is 1.75 bits per heavy atom. The van der Waals surface area contributed by atoms with Crippen LogP contribution < -0.4 is 11.2 Å². The third-order valence-corrected chi connectivity index (χ3v) is 2.46. The number of nitro groups is 2. The Hall–Kier alpha value is -3.76. The summed E-state index contributed by atoms with van der Waals surface area (Å²) in [5.74, 6) is -0.859. The van der Waals surface area contributed by atoms with Gasteiger partial charge in [0, 0.05) is 12.1 Å². The van der Waals surface area contributed by atoms with Crippen LogP contribution in [0.3, 0.4) is 0 Å². The molecule has 0 atom stereocenters. The second kappa shape index (κ2) is 6.56. The molecule has 0 aliphatic rings. The average Bonchev–Trinajstić information content (AvgIpc) is 2.45. The Labute approximate surface area is 130 Å². The van der Waals surface area contributed by atoms with Gasteiger partial charge in [-0.25, -0.2) is 0 Å². The van der Waals surface area contributed by atoms with E-state index in [9.17, 15) is 33.4 Å². The molecule has 1 rings (SSSR count). The van der Waals surface area contributed by atoms with E-state index in [0.29, 0.717) is 0 Å². The van der Waals surface area contributed by atoms with E-state index in [-0.39, 0.29) is 12.1 Å². The van der Waals surface area contributed by atoms with E-state index in [1.165, 1.54) is 6.07 Å². The van der Waals surface area contributed by atoms with Gasteiger partial charge in [0.1, 0.15) is 6.07 Å². The van der Waals surface area contributed by atoms with E-state index in [1.54, 1.807) is 5.43 Å². The van der Waals surface area contributed by atoms with Gasteiger partial charge in [-0.1, -0.05) is 0 Å². The van der Waals surface area contributed by atoms with E-state index in [2.05, 4.69) is 5.10 Å². The highest BCUT2D eigenvalue weighted by Crippen LogP contribution is 2.41. The predicted molar refractivity (Wildman–Crippen MR) is 73.3 cm³/mol. The second-order valence-electron chi connectivity index (χ2n) is 4.00. The largest absolute Gasteiger partial charge is 0.416 e. The summed E-state index contributed by atoms with van der Waals surface area (Å²) in [5, 5.41) is 40.6. The molecule has 0 spiro atoms. The van der Waals surface area contributed by atoms with Gasteiger partial charge >= 0.3 is 17.6 Å². The zero-order valence-corrected chi connectivity index (χ0v) is 11.3. The third kappa shape index (κ3) is 3.91. The molecule has 0 aliphatic carbocycles. The molecule has 0 fully saturated rings. The van der Waals surface area contributed by atoms with Crippen molar-refractivity contribution in [3.63, 3.8) is 0 Å². The maximum atomic E-state index is 12.7. The Balaban J connectivity index is 3.64. The van der Waals surface area contributed by atoms with Crippen LogP contribution in [0.25, 0.3) is 0 Å². The number of nitrogens with one attached hydrogen (secondary N) is 2. The first kappa shape index (κ1) is 18.3. The number of nitriles is 1. The molecule has 0 saturated heterocycles. The lowest BCUT2D eigenvalue weighted by Crippen LogP contribution is -2.22. The first-order valence-electron chi connectivity index (χ1n) is 5.61. The first-order chi connectivity index (χ1) is 11.0.